The number of rotatable bonds is 1. The van der Waals surface area contributed by atoms with Gasteiger partial charge in [-0.2, -0.15) is 0 Å². The van der Waals surface area contributed by atoms with Crippen LogP contribution in [-0.2, 0) is 0 Å². The van der Waals surface area contributed by atoms with Crippen LogP contribution in [0.5, 0.6) is 0 Å². The summed E-state index contributed by atoms with van der Waals surface area (Å²) in [5.41, 5.74) is 0.248. The number of hydrogen-bond acceptors (Lipinski definition) is 4. The van der Waals surface area contributed by atoms with Gasteiger partial charge >= 0.3 is 0 Å². The van der Waals surface area contributed by atoms with Gasteiger partial charge in [-0.1, -0.05) is 0 Å². The molecular formula is C6H7N3O2. The van der Waals surface area contributed by atoms with E-state index in [2.05, 4.69) is 4.98 Å². The lowest BCUT2D eigenvalue weighted by Crippen LogP contribution is -2.33. The van der Waals surface area contributed by atoms with Crippen LogP contribution in [0.3, 0.4) is 0 Å². The van der Waals surface area contributed by atoms with Gasteiger partial charge in [0.05, 0.1) is 5.56 Å². The Kier molecular flexibility index (Phi) is 2.15. The maximum atomic E-state index is 10.9. The van der Waals surface area contributed by atoms with Crippen LogP contribution in [0.4, 0.5) is 0 Å². The van der Waals surface area contributed by atoms with Gasteiger partial charge in [0.1, 0.15) is 0 Å². The fourth-order valence-corrected chi connectivity index (χ4v) is 0.622. The van der Waals surface area contributed by atoms with Crippen molar-refractivity contribution < 1.29 is 10.0 Å². The molecule has 0 spiro atoms. The molecule has 0 aliphatic carbocycles. The largest absolute Gasteiger partial charge is 0.293 e. The van der Waals surface area contributed by atoms with Crippen molar-refractivity contribution in [3.05, 3.63) is 30.1 Å². The van der Waals surface area contributed by atoms with Crippen LogP contribution < -0.4 is 5.84 Å². The Balaban J connectivity index is 2.86. The van der Waals surface area contributed by atoms with Crippen molar-refractivity contribution >= 4 is 5.91 Å². The fourth-order valence-electron chi connectivity index (χ4n) is 0.622. The Labute approximate surface area is 63.0 Å². The minimum Gasteiger partial charge on any atom is -0.270 e. The third-order valence-corrected chi connectivity index (χ3v) is 1.12. The lowest BCUT2D eigenvalue weighted by atomic mass is 10.3. The molecule has 0 atom stereocenters. The molecule has 0 radical (unpaired) electrons. The van der Waals surface area contributed by atoms with E-state index in [4.69, 9.17) is 11.0 Å². The standard InChI is InChI=1S/C6H7N3O2/c7-9(11)6(10)5-2-1-3-8-4-5/h1-4,11H,7H2. The summed E-state index contributed by atoms with van der Waals surface area (Å²) in [5.74, 6) is 4.10. The second kappa shape index (κ2) is 3.09. The van der Waals surface area contributed by atoms with Gasteiger partial charge in [0.2, 0.25) is 0 Å². The number of amides is 1. The molecule has 0 aromatic carbocycles. The van der Waals surface area contributed by atoms with E-state index in [1.54, 1.807) is 6.07 Å². The third-order valence-electron chi connectivity index (χ3n) is 1.12. The molecule has 5 nitrogen and oxygen atoms in total. The van der Waals surface area contributed by atoms with Crippen LogP contribution in [0.15, 0.2) is 24.5 Å². The minimum atomic E-state index is -0.682. The summed E-state index contributed by atoms with van der Waals surface area (Å²) in [6.45, 7) is 0. The Morgan fingerprint density at radius 2 is 2.45 bits per heavy atom. The van der Waals surface area contributed by atoms with Gasteiger partial charge in [-0.05, 0) is 12.1 Å². The van der Waals surface area contributed by atoms with Crippen LogP contribution in [0, 0.1) is 0 Å². The highest BCUT2D eigenvalue weighted by atomic mass is 16.5. The number of pyridine rings is 1. The van der Waals surface area contributed by atoms with Crippen LogP contribution >= 0.6 is 0 Å². The molecule has 1 aromatic rings. The monoisotopic (exact) mass is 153 g/mol. The summed E-state index contributed by atoms with van der Waals surface area (Å²) in [6.07, 6.45) is 2.84. The lowest BCUT2D eigenvalue weighted by Gasteiger charge is -2.05. The van der Waals surface area contributed by atoms with Crippen LogP contribution in [-0.4, -0.2) is 21.3 Å². The molecule has 1 aromatic heterocycles. The molecule has 58 valence electrons. The first-order valence-electron chi connectivity index (χ1n) is 2.90. The number of hydroxylamine groups is 1. The summed E-state index contributed by atoms with van der Waals surface area (Å²) in [6, 6.07) is 3.09. The second-order valence-electron chi connectivity index (χ2n) is 1.89. The number of carbonyl (C=O) groups is 1. The van der Waals surface area contributed by atoms with E-state index >= 15 is 0 Å². The van der Waals surface area contributed by atoms with E-state index in [0.29, 0.717) is 0 Å². The highest BCUT2D eigenvalue weighted by Crippen LogP contribution is 1.96. The smallest absolute Gasteiger partial charge is 0.270 e. The van der Waals surface area contributed by atoms with E-state index in [1.165, 1.54) is 18.5 Å². The van der Waals surface area contributed by atoms with E-state index in [1.807, 2.05) is 0 Å². The normalized spacial score (nSPS) is 9.27. The second-order valence-corrected chi connectivity index (χ2v) is 1.89. The zero-order valence-corrected chi connectivity index (χ0v) is 5.64. The molecule has 0 fully saturated rings. The Bertz CT molecular complexity index is 247. The minimum absolute atomic E-state index is 0.0248. The van der Waals surface area contributed by atoms with E-state index in [9.17, 15) is 4.79 Å². The Morgan fingerprint density at radius 1 is 1.73 bits per heavy atom. The first kappa shape index (κ1) is 7.64. The van der Waals surface area contributed by atoms with Crippen molar-refractivity contribution in [2.45, 2.75) is 0 Å². The van der Waals surface area contributed by atoms with Crippen molar-refractivity contribution in [1.82, 2.24) is 10.2 Å². The van der Waals surface area contributed by atoms with E-state index in [0.717, 1.165) is 0 Å². The number of nitrogens with zero attached hydrogens (tertiary/aromatic N) is 2. The van der Waals surface area contributed by atoms with Gasteiger partial charge in [0.25, 0.3) is 5.91 Å². The molecule has 1 heterocycles. The molecule has 3 N–H and O–H groups in total. The number of nitrogens with two attached hydrogens (primary N) is 1. The molecule has 5 heteroatoms. The molecule has 1 rings (SSSR count). The summed E-state index contributed by atoms with van der Waals surface area (Å²) in [7, 11) is 0. The number of hydrogen-bond donors (Lipinski definition) is 2. The molecular weight excluding hydrogens is 146 g/mol. The number of hydrazine groups is 1. The highest BCUT2D eigenvalue weighted by molar-refractivity contribution is 5.92. The molecule has 0 saturated carbocycles. The SMILES string of the molecule is NN(O)C(=O)c1cccnc1. The van der Waals surface area contributed by atoms with Gasteiger partial charge in [-0.25, -0.2) is 5.84 Å². The summed E-state index contributed by atoms with van der Waals surface area (Å²) in [5, 5.41) is 8.53. The average Bonchev–Trinajstić information content (AvgIpc) is 2.05. The van der Waals surface area contributed by atoms with Crippen molar-refractivity contribution in [2.75, 3.05) is 0 Å². The topological polar surface area (TPSA) is 79.5 Å². The summed E-state index contributed by atoms with van der Waals surface area (Å²) < 4.78 is 0. The third kappa shape index (κ3) is 1.73. The van der Waals surface area contributed by atoms with Crippen molar-refractivity contribution in [1.29, 1.82) is 0 Å². The fraction of sp³-hybridized carbons (Fsp3) is 0. The lowest BCUT2D eigenvalue weighted by molar-refractivity contribution is -0.0595. The summed E-state index contributed by atoms with van der Waals surface area (Å²) >= 11 is 0. The van der Waals surface area contributed by atoms with Gasteiger partial charge in [-0.3, -0.25) is 15.0 Å². The maximum Gasteiger partial charge on any atom is 0.293 e. The molecule has 0 aliphatic heterocycles. The number of aromatic nitrogens is 1. The van der Waals surface area contributed by atoms with Gasteiger partial charge in [-0.15, -0.1) is 5.17 Å². The average molecular weight is 153 g/mol. The Hall–Kier alpha value is -1.46. The van der Waals surface area contributed by atoms with Crippen molar-refractivity contribution in [2.24, 2.45) is 5.84 Å². The van der Waals surface area contributed by atoms with Crippen molar-refractivity contribution in [3.63, 3.8) is 0 Å². The van der Waals surface area contributed by atoms with Crippen LogP contribution in [0.2, 0.25) is 0 Å². The quantitative estimate of drug-likeness (QED) is 0.253. The van der Waals surface area contributed by atoms with Crippen molar-refractivity contribution in [3.8, 4) is 0 Å². The summed E-state index contributed by atoms with van der Waals surface area (Å²) in [4.78, 5) is 14.5. The Morgan fingerprint density at radius 3 is 2.91 bits per heavy atom. The zero-order chi connectivity index (χ0) is 8.27. The van der Waals surface area contributed by atoms with Gasteiger partial charge in [0, 0.05) is 12.4 Å². The molecule has 1 amide bonds. The first-order valence-corrected chi connectivity index (χ1v) is 2.90. The predicted octanol–water partition coefficient (Wildman–Crippen LogP) is -0.213. The highest BCUT2D eigenvalue weighted by Gasteiger charge is 2.08. The molecule has 0 unspecified atom stereocenters. The first-order chi connectivity index (χ1) is 5.22. The zero-order valence-electron chi connectivity index (χ0n) is 5.64. The maximum absolute atomic E-state index is 10.9. The van der Waals surface area contributed by atoms with Crippen LogP contribution in [0.1, 0.15) is 10.4 Å². The van der Waals surface area contributed by atoms with Crippen LogP contribution in [0.25, 0.3) is 0 Å². The number of carbonyl (C=O) groups excluding carboxylic acids is 1. The van der Waals surface area contributed by atoms with Gasteiger partial charge < -0.3 is 0 Å². The van der Waals surface area contributed by atoms with E-state index in [-0.39, 0.29) is 10.7 Å². The van der Waals surface area contributed by atoms with E-state index < -0.39 is 5.91 Å². The molecule has 0 aliphatic rings. The predicted molar refractivity (Wildman–Crippen MR) is 36.4 cm³/mol. The van der Waals surface area contributed by atoms with Gasteiger partial charge in [0.15, 0.2) is 0 Å². The molecule has 11 heavy (non-hydrogen) atoms. The molecule has 0 bridgehead atoms. The molecule has 0 saturated heterocycles.